The Balaban J connectivity index is 2.74. The van der Waals surface area contributed by atoms with Gasteiger partial charge in [-0.2, -0.15) is 0 Å². The highest BCUT2D eigenvalue weighted by atomic mass is 28.4. The van der Waals surface area contributed by atoms with Crippen LogP contribution in [0.1, 0.15) is 40.5 Å². The maximum absolute atomic E-state index is 9.46. The van der Waals surface area contributed by atoms with E-state index in [0.29, 0.717) is 6.61 Å². The van der Waals surface area contributed by atoms with E-state index in [9.17, 15) is 5.11 Å². The molecule has 0 radical (unpaired) electrons. The molecule has 0 aliphatic carbocycles. The van der Waals surface area contributed by atoms with Crippen LogP contribution in [0, 0.1) is 0 Å². The highest BCUT2D eigenvalue weighted by Crippen LogP contribution is 2.42. The molecule has 1 aliphatic heterocycles. The van der Waals surface area contributed by atoms with Crippen LogP contribution >= 0.6 is 0 Å². The maximum Gasteiger partial charge on any atom is 0.192 e. The lowest BCUT2D eigenvalue weighted by molar-refractivity contribution is 0.0387. The Morgan fingerprint density at radius 3 is 2.24 bits per heavy atom. The number of aliphatic hydroxyl groups excluding tert-OH is 1. The second-order valence-electron chi connectivity index (χ2n) is 6.67. The first-order valence-electron chi connectivity index (χ1n) is 6.61. The van der Waals surface area contributed by atoms with Gasteiger partial charge in [0.2, 0.25) is 0 Å². The lowest BCUT2D eigenvalue weighted by Gasteiger charge is -2.40. The van der Waals surface area contributed by atoms with Gasteiger partial charge in [0.15, 0.2) is 8.32 Å². The molecule has 0 aromatic rings. The Morgan fingerprint density at radius 1 is 1.41 bits per heavy atom. The molecule has 1 heterocycles. The zero-order chi connectivity index (χ0) is 13.3. The summed E-state index contributed by atoms with van der Waals surface area (Å²) < 4.78 is 11.9. The van der Waals surface area contributed by atoms with E-state index in [-0.39, 0.29) is 17.7 Å². The minimum atomic E-state index is -1.78. The summed E-state index contributed by atoms with van der Waals surface area (Å²) in [5, 5.41) is 9.66. The fourth-order valence-electron chi connectivity index (χ4n) is 1.70. The fourth-order valence-corrected chi connectivity index (χ4v) is 3.09. The zero-order valence-corrected chi connectivity index (χ0v) is 13.2. The van der Waals surface area contributed by atoms with Crippen molar-refractivity contribution < 1.29 is 14.3 Å². The van der Waals surface area contributed by atoms with Crippen LogP contribution in [0.3, 0.4) is 0 Å². The van der Waals surface area contributed by atoms with E-state index in [0.717, 1.165) is 12.8 Å². The summed E-state index contributed by atoms with van der Waals surface area (Å²) in [6, 6.07) is 0. The Kier molecular flexibility index (Phi) is 4.45. The summed E-state index contributed by atoms with van der Waals surface area (Å²) in [4.78, 5) is 0. The first-order valence-corrected chi connectivity index (χ1v) is 9.52. The van der Waals surface area contributed by atoms with E-state index >= 15 is 0 Å². The van der Waals surface area contributed by atoms with E-state index in [1.807, 2.05) is 0 Å². The quantitative estimate of drug-likeness (QED) is 0.590. The standard InChI is InChI=1S/C13H28O3Si/c1-7-8-11(13(9-14)10-15-13)16-17(5,6)12(2,3)4/h11,14H,7-10H2,1-6H3/t11-,13-/m0/s1. The molecular weight excluding hydrogens is 232 g/mol. The van der Waals surface area contributed by atoms with Gasteiger partial charge >= 0.3 is 0 Å². The molecule has 0 spiro atoms. The lowest BCUT2D eigenvalue weighted by atomic mass is 10.0. The molecular formula is C13H28O3Si. The molecule has 2 atom stereocenters. The van der Waals surface area contributed by atoms with Crippen molar-refractivity contribution in [3.63, 3.8) is 0 Å². The van der Waals surface area contributed by atoms with Gasteiger partial charge in [0.05, 0.1) is 19.3 Å². The second kappa shape index (κ2) is 5.00. The van der Waals surface area contributed by atoms with Crippen molar-refractivity contribution in [3.8, 4) is 0 Å². The van der Waals surface area contributed by atoms with Crippen LogP contribution < -0.4 is 0 Å². The Bertz CT molecular complexity index is 254. The van der Waals surface area contributed by atoms with Crippen LogP contribution in [-0.4, -0.2) is 38.3 Å². The zero-order valence-electron chi connectivity index (χ0n) is 12.2. The molecule has 0 aromatic carbocycles. The number of hydrogen-bond donors (Lipinski definition) is 1. The van der Waals surface area contributed by atoms with Gasteiger partial charge in [-0.25, -0.2) is 0 Å². The highest BCUT2D eigenvalue weighted by Gasteiger charge is 2.54. The van der Waals surface area contributed by atoms with Crippen LogP contribution in [-0.2, 0) is 9.16 Å². The third-order valence-corrected chi connectivity index (χ3v) is 8.65. The van der Waals surface area contributed by atoms with Crippen molar-refractivity contribution in [2.75, 3.05) is 13.2 Å². The van der Waals surface area contributed by atoms with Crippen molar-refractivity contribution in [3.05, 3.63) is 0 Å². The Hall–Kier alpha value is 0.0969. The minimum absolute atomic E-state index is 0.0541. The SMILES string of the molecule is CCC[C@H](O[Si](C)(C)C(C)(C)C)[C@]1(CO)CO1. The van der Waals surface area contributed by atoms with E-state index in [4.69, 9.17) is 9.16 Å². The van der Waals surface area contributed by atoms with E-state index in [2.05, 4.69) is 40.8 Å². The topological polar surface area (TPSA) is 42.0 Å². The summed E-state index contributed by atoms with van der Waals surface area (Å²) in [5.74, 6) is 0. The van der Waals surface area contributed by atoms with Gasteiger partial charge in [0.25, 0.3) is 0 Å². The van der Waals surface area contributed by atoms with E-state index in [1.165, 1.54) is 0 Å². The van der Waals surface area contributed by atoms with Crippen molar-refractivity contribution in [2.24, 2.45) is 0 Å². The molecule has 0 aromatic heterocycles. The predicted octanol–water partition coefficient (Wildman–Crippen LogP) is 2.94. The van der Waals surface area contributed by atoms with Crippen molar-refractivity contribution in [1.29, 1.82) is 0 Å². The van der Waals surface area contributed by atoms with Gasteiger partial charge in [0, 0.05) is 0 Å². The molecule has 0 unspecified atom stereocenters. The molecule has 0 saturated carbocycles. The molecule has 1 aliphatic rings. The van der Waals surface area contributed by atoms with Gasteiger partial charge < -0.3 is 14.3 Å². The molecule has 3 nitrogen and oxygen atoms in total. The number of aliphatic hydroxyl groups is 1. The fraction of sp³-hybridized carbons (Fsp3) is 1.00. The second-order valence-corrected chi connectivity index (χ2v) is 11.4. The molecule has 0 amide bonds. The van der Waals surface area contributed by atoms with Crippen molar-refractivity contribution in [2.45, 2.75) is 70.4 Å². The number of ether oxygens (including phenoxy) is 1. The molecule has 1 fully saturated rings. The maximum atomic E-state index is 9.46. The van der Waals surface area contributed by atoms with Gasteiger partial charge in [-0.3, -0.25) is 0 Å². The summed E-state index contributed by atoms with van der Waals surface area (Å²) in [5.41, 5.74) is -0.397. The van der Waals surface area contributed by atoms with Crippen LogP contribution in [0.5, 0.6) is 0 Å². The van der Waals surface area contributed by atoms with Gasteiger partial charge in [-0.15, -0.1) is 0 Å². The van der Waals surface area contributed by atoms with Gasteiger partial charge in [-0.05, 0) is 24.6 Å². The number of epoxide rings is 1. The Morgan fingerprint density at radius 2 is 1.94 bits per heavy atom. The lowest BCUT2D eigenvalue weighted by Crippen LogP contribution is -2.49. The average molecular weight is 260 g/mol. The molecule has 4 heteroatoms. The van der Waals surface area contributed by atoms with E-state index < -0.39 is 13.9 Å². The van der Waals surface area contributed by atoms with Crippen LogP contribution in [0.25, 0.3) is 0 Å². The summed E-state index contributed by atoms with van der Waals surface area (Å²) in [7, 11) is -1.78. The number of rotatable bonds is 6. The van der Waals surface area contributed by atoms with Crippen LogP contribution in [0.2, 0.25) is 18.1 Å². The van der Waals surface area contributed by atoms with Crippen LogP contribution in [0.4, 0.5) is 0 Å². The molecule has 17 heavy (non-hydrogen) atoms. The summed E-state index contributed by atoms with van der Waals surface area (Å²) in [6.45, 7) is 14.1. The molecule has 0 bridgehead atoms. The summed E-state index contributed by atoms with van der Waals surface area (Å²) in [6.07, 6.45) is 2.08. The van der Waals surface area contributed by atoms with Gasteiger partial charge in [0.1, 0.15) is 5.60 Å². The van der Waals surface area contributed by atoms with Crippen molar-refractivity contribution in [1.82, 2.24) is 0 Å². The third-order valence-electron chi connectivity index (χ3n) is 4.16. The normalized spacial score (nSPS) is 27.0. The summed E-state index contributed by atoms with van der Waals surface area (Å²) >= 11 is 0. The number of hydrogen-bond acceptors (Lipinski definition) is 3. The largest absolute Gasteiger partial charge is 0.411 e. The first kappa shape index (κ1) is 15.2. The molecule has 102 valence electrons. The third kappa shape index (κ3) is 3.31. The molecule has 1 saturated heterocycles. The van der Waals surface area contributed by atoms with Crippen LogP contribution in [0.15, 0.2) is 0 Å². The average Bonchev–Trinajstić information content (AvgIpc) is 2.95. The monoisotopic (exact) mass is 260 g/mol. The first-order chi connectivity index (χ1) is 7.68. The molecule has 1 N–H and O–H groups in total. The minimum Gasteiger partial charge on any atom is -0.411 e. The smallest absolute Gasteiger partial charge is 0.192 e. The van der Waals surface area contributed by atoms with Gasteiger partial charge in [-0.1, -0.05) is 34.1 Å². The van der Waals surface area contributed by atoms with E-state index in [1.54, 1.807) is 0 Å². The highest BCUT2D eigenvalue weighted by molar-refractivity contribution is 6.74. The van der Waals surface area contributed by atoms with Crippen molar-refractivity contribution >= 4 is 8.32 Å². The molecule has 1 rings (SSSR count). The Labute approximate surface area is 107 Å². The predicted molar refractivity (Wildman–Crippen MR) is 72.7 cm³/mol.